The number of fused-ring (bicyclic) bond motifs is 5. The van der Waals surface area contributed by atoms with E-state index in [-0.39, 0.29) is 7.24 Å². The number of H-pyrrole nitrogens is 1. The first kappa shape index (κ1) is 13.9. The molecule has 2 heterocycles. The third-order valence-electron chi connectivity index (χ3n) is 3.95. The van der Waals surface area contributed by atoms with Gasteiger partial charge in [0.1, 0.15) is 30.5 Å². The molecule has 0 atom stereocenters. The first-order valence-electron chi connectivity index (χ1n) is 7.46. The number of rotatable bonds is 3. The zero-order valence-electron chi connectivity index (χ0n) is 12.8. The minimum absolute atomic E-state index is 0. The number of benzene rings is 2. The Morgan fingerprint density at radius 1 is 1.35 bits per heavy atom. The summed E-state index contributed by atoms with van der Waals surface area (Å²) < 4.78 is 25.0. The maximum absolute atomic E-state index is 13.5. The van der Waals surface area contributed by atoms with E-state index in [4.69, 9.17) is 9.47 Å². The predicted octanol–water partition coefficient (Wildman–Crippen LogP) is 5.07. The van der Waals surface area contributed by atoms with Crippen molar-refractivity contribution < 1.29 is 15.3 Å². The zero-order valence-corrected chi connectivity index (χ0v) is 12.8. The first-order chi connectivity index (χ1) is 11.1. The van der Waals surface area contributed by atoms with Gasteiger partial charge in [-0.05, 0) is 42.8 Å². The van der Waals surface area contributed by atoms with Crippen molar-refractivity contribution in [2.45, 2.75) is 13.5 Å². The summed E-state index contributed by atoms with van der Waals surface area (Å²) in [6.07, 6.45) is 0. The van der Waals surface area contributed by atoms with Crippen molar-refractivity contribution in [1.82, 2.24) is 4.98 Å². The van der Waals surface area contributed by atoms with Crippen LogP contribution in [0.4, 0.5) is 4.39 Å². The number of hydrogen-bond acceptors (Lipinski definition) is 2. The molecule has 3 nitrogen and oxygen atoms in total. The van der Waals surface area contributed by atoms with Gasteiger partial charge in [-0.3, -0.25) is 0 Å². The number of ether oxygens (including phenoxy) is 2. The number of aromatic amines is 1. The smallest absolute Gasteiger partial charge is 0.132 e. The topological polar surface area (TPSA) is 34.2 Å². The van der Waals surface area contributed by atoms with Crippen LogP contribution in [0.3, 0.4) is 0 Å². The number of hydrogen-bond donors (Lipinski definition) is 1. The molecule has 1 aromatic heterocycles. The molecule has 0 saturated heterocycles. The van der Waals surface area contributed by atoms with Gasteiger partial charge in [0.15, 0.2) is 0 Å². The summed E-state index contributed by atoms with van der Waals surface area (Å²) in [4.78, 5) is 3.37. The van der Waals surface area contributed by atoms with Crippen LogP contribution < -0.4 is 9.47 Å². The zero-order chi connectivity index (χ0) is 16.0. The number of aromatic nitrogens is 1. The highest BCUT2D eigenvalue weighted by atomic mass is 19.1. The second-order valence-electron chi connectivity index (χ2n) is 5.86. The molecule has 0 spiro atoms. The van der Waals surface area contributed by atoms with Crippen molar-refractivity contribution in [3.63, 3.8) is 0 Å². The van der Waals surface area contributed by atoms with Gasteiger partial charge < -0.3 is 14.5 Å². The van der Waals surface area contributed by atoms with Crippen molar-refractivity contribution in [2.24, 2.45) is 0 Å². The van der Waals surface area contributed by atoms with E-state index in [2.05, 4.69) is 11.6 Å². The maximum Gasteiger partial charge on any atom is 0.132 e. The molecular weight excluding hydrogens is 293 g/mol. The highest BCUT2D eigenvalue weighted by Gasteiger charge is 2.22. The van der Waals surface area contributed by atoms with Gasteiger partial charge in [-0.15, -0.1) is 0 Å². The summed E-state index contributed by atoms with van der Waals surface area (Å²) in [5.74, 6) is 1.27. The molecule has 3 aromatic rings. The van der Waals surface area contributed by atoms with Crippen LogP contribution >= 0.6 is 0 Å². The predicted molar refractivity (Wildman–Crippen MR) is 90.4 cm³/mol. The average molecular weight is 311 g/mol. The van der Waals surface area contributed by atoms with Crippen LogP contribution in [0.5, 0.6) is 11.5 Å². The second-order valence-corrected chi connectivity index (χ2v) is 5.86. The van der Waals surface area contributed by atoms with Gasteiger partial charge in [-0.25, -0.2) is 4.39 Å². The monoisotopic (exact) mass is 311 g/mol. The van der Waals surface area contributed by atoms with Gasteiger partial charge >= 0.3 is 0 Å². The standard InChI is InChI=1S/C19H16FNO2.H2/c1-11(2)9-22-13-4-5-14-18(8-13)23-10-16-15-7-12(20)3-6-17(15)21-19(14)16;/h3-8,21H,1,9-10H2,2H3;1H. The van der Waals surface area contributed by atoms with Crippen LogP contribution in [0.1, 0.15) is 13.9 Å². The average Bonchev–Trinajstić information content (AvgIpc) is 2.90. The third kappa shape index (κ3) is 2.36. The molecule has 0 radical (unpaired) electrons. The second kappa shape index (κ2) is 5.16. The molecule has 0 bridgehead atoms. The quantitative estimate of drug-likeness (QED) is 0.685. The lowest BCUT2D eigenvalue weighted by atomic mass is 10.0. The number of nitrogens with one attached hydrogen (secondary N) is 1. The Kier molecular flexibility index (Phi) is 3.11. The normalized spacial score (nSPS) is 12.4. The molecule has 0 amide bonds. The number of halogens is 1. The van der Waals surface area contributed by atoms with Gasteiger partial charge in [-0.2, -0.15) is 0 Å². The highest BCUT2D eigenvalue weighted by Crippen LogP contribution is 2.42. The molecule has 4 rings (SSSR count). The van der Waals surface area contributed by atoms with E-state index < -0.39 is 0 Å². The van der Waals surface area contributed by atoms with Crippen LogP contribution in [0.2, 0.25) is 0 Å². The van der Waals surface area contributed by atoms with E-state index in [1.807, 2.05) is 25.1 Å². The van der Waals surface area contributed by atoms with E-state index in [9.17, 15) is 4.39 Å². The van der Waals surface area contributed by atoms with E-state index >= 15 is 0 Å². The van der Waals surface area contributed by atoms with E-state index in [0.717, 1.165) is 44.8 Å². The Bertz CT molecular complexity index is 933. The van der Waals surface area contributed by atoms with Gasteiger partial charge in [0.25, 0.3) is 0 Å². The molecule has 1 N–H and O–H groups in total. The van der Waals surface area contributed by atoms with E-state index in [0.29, 0.717) is 13.2 Å². The summed E-state index contributed by atoms with van der Waals surface area (Å²) in [6, 6.07) is 10.5. The summed E-state index contributed by atoms with van der Waals surface area (Å²) in [7, 11) is 0. The van der Waals surface area contributed by atoms with Crippen molar-refractivity contribution in [3.05, 3.63) is 59.9 Å². The third-order valence-corrected chi connectivity index (χ3v) is 3.95. The van der Waals surface area contributed by atoms with Crippen LogP contribution in [-0.2, 0) is 6.61 Å². The van der Waals surface area contributed by atoms with E-state index in [1.54, 1.807) is 12.1 Å². The SMILES string of the molecule is C=C(C)COc1ccc2c(c1)OCc1c-2[nH]c2ccc(F)cc12.[HH]. The fourth-order valence-corrected chi connectivity index (χ4v) is 2.87. The van der Waals surface area contributed by atoms with Gasteiger partial charge in [0.05, 0.1) is 5.69 Å². The van der Waals surface area contributed by atoms with Crippen molar-refractivity contribution in [1.29, 1.82) is 0 Å². The van der Waals surface area contributed by atoms with Gasteiger partial charge in [0.2, 0.25) is 0 Å². The molecule has 4 heteroatoms. The molecule has 1 aliphatic rings. The molecule has 2 aromatic carbocycles. The van der Waals surface area contributed by atoms with Crippen molar-refractivity contribution >= 4 is 10.9 Å². The molecular formula is C19H18FNO2. The fraction of sp³-hybridized carbons (Fsp3) is 0.158. The maximum atomic E-state index is 13.5. The van der Waals surface area contributed by atoms with Crippen LogP contribution in [0.25, 0.3) is 22.2 Å². The summed E-state index contributed by atoms with van der Waals surface area (Å²) in [5.41, 5.74) is 4.81. The van der Waals surface area contributed by atoms with Crippen molar-refractivity contribution in [2.75, 3.05) is 6.61 Å². The van der Waals surface area contributed by atoms with Crippen molar-refractivity contribution in [3.8, 4) is 22.8 Å². The molecule has 0 fully saturated rings. The van der Waals surface area contributed by atoms with Crippen LogP contribution in [0, 0.1) is 5.82 Å². The summed E-state index contributed by atoms with van der Waals surface area (Å²) in [5, 5.41) is 0.869. The molecule has 23 heavy (non-hydrogen) atoms. The van der Waals surface area contributed by atoms with E-state index in [1.165, 1.54) is 6.07 Å². The van der Waals surface area contributed by atoms with Gasteiger partial charge in [0, 0.05) is 29.5 Å². The molecule has 0 saturated carbocycles. The van der Waals surface area contributed by atoms with Crippen LogP contribution in [-0.4, -0.2) is 11.6 Å². The Morgan fingerprint density at radius 3 is 3.04 bits per heavy atom. The lowest BCUT2D eigenvalue weighted by Gasteiger charge is -2.19. The highest BCUT2D eigenvalue weighted by molar-refractivity contribution is 5.92. The Hall–Kier alpha value is -2.75. The molecule has 0 aliphatic carbocycles. The Labute approximate surface area is 134 Å². The fourth-order valence-electron chi connectivity index (χ4n) is 2.87. The minimum atomic E-state index is -0.242. The Balaban J connectivity index is 0.00000169. The summed E-state index contributed by atoms with van der Waals surface area (Å²) in [6.45, 7) is 6.64. The van der Waals surface area contributed by atoms with Crippen LogP contribution in [0.15, 0.2) is 48.6 Å². The lowest BCUT2D eigenvalue weighted by Crippen LogP contribution is -2.05. The molecule has 118 valence electrons. The summed E-state index contributed by atoms with van der Waals surface area (Å²) >= 11 is 0. The molecule has 1 aliphatic heterocycles. The molecule has 0 unspecified atom stereocenters. The lowest BCUT2D eigenvalue weighted by molar-refractivity contribution is 0.298. The largest absolute Gasteiger partial charge is 0.489 e. The minimum Gasteiger partial charge on any atom is -0.489 e. The van der Waals surface area contributed by atoms with Gasteiger partial charge in [-0.1, -0.05) is 6.58 Å². The first-order valence-corrected chi connectivity index (χ1v) is 7.46. The Morgan fingerprint density at radius 2 is 2.22 bits per heavy atom.